The third-order valence-electron chi connectivity index (χ3n) is 3.79. The van der Waals surface area contributed by atoms with Crippen LogP contribution in [0.25, 0.3) is 10.9 Å². The van der Waals surface area contributed by atoms with Gasteiger partial charge in [-0.05, 0) is 18.7 Å². The van der Waals surface area contributed by atoms with Gasteiger partial charge in [0.2, 0.25) is 0 Å². The van der Waals surface area contributed by atoms with E-state index in [1.54, 1.807) is 7.11 Å². The Kier molecular flexibility index (Phi) is 3.31. The van der Waals surface area contributed by atoms with Gasteiger partial charge in [0.05, 0.1) is 7.11 Å². The van der Waals surface area contributed by atoms with Gasteiger partial charge >= 0.3 is 0 Å². The molecule has 0 radical (unpaired) electrons. The normalized spacial score (nSPS) is 15.1. The quantitative estimate of drug-likeness (QED) is 0.855. The van der Waals surface area contributed by atoms with Crippen LogP contribution in [0.4, 0.5) is 0 Å². The van der Waals surface area contributed by atoms with Gasteiger partial charge < -0.3 is 15.4 Å². The van der Waals surface area contributed by atoms with E-state index in [0.717, 1.165) is 53.0 Å². The molecule has 104 valence electrons. The molecule has 0 saturated heterocycles. The van der Waals surface area contributed by atoms with Gasteiger partial charge in [0.1, 0.15) is 16.3 Å². The highest BCUT2D eigenvalue weighted by Crippen LogP contribution is 2.32. The molecule has 0 atom stereocenters. The molecular weight excluding hydrogens is 270 g/mol. The largest absolute Gasteiger partial charge is 0.494 e. The van der Waals surface area contributed by atoms with Crippen molar-refractivity contribution in [1.82, 2.24) is 9.88 Å². The van der Waals surface area contributed by atoms with Crippen LogP contribution in [-0.2, 0) is 13.0 Å². The van der Waals surface area contributed by atoms with Crippen molar-refractivity contribution in [2.45, 2.75) is 13.0 Å². The van der Waals surface area contributed by atoms with Crippen LogP contribution < -0.4 is 10.5 Å². The van der Waals surface area contributed by atoms with E-state index >= 15 is 0 Å². The van der Waals surface area contributed by atoms with E-state index in [2.05, 4.69) is 11.9 Å². The fraction of sp³-hybridized carbons (Fsp3) is 0.333. The minimum Gasteiger partial charge on any atom is -0.494 e. The highest BCUT2D eigenvalue weighted by atomic mass is 32.1. The number of para-hydroxylation sites is 1. The second-order valence-corrected chi connectivity index (χ2v) is 5.56. The Morgan fingerprint density at radius 2 is 2.25 bits per heavy atom. The Bertz CT molecular complexity index is 699. The summed E-state index contributed by atoms with van der Waals surface area (Å²) in [5.74, 6) is 0.765. The molecule has 1 aromatic carbocycles. The van der Waals surface area contributed by atoms with Crippen LogP contribution in [0.2, 0.25) is 0 Å². The number of fused-ring (bicyclic) bond motifs is 2. The third kappa shape index (κ3) is 2.03. The van der Waals surface area contributed by atoms with Crippen molar-refractivity contribution in [3.8, 4) is 5.75 Å². The van der Waals surface area contributed by atoms with Gasteiger partial charge in [0.25, 0.3) is 0 Å². The molecule has 20 heavy (non-hydrogen) atoms. The summed E-state index contributed by atoms with van der Waals surface area (Å²) in [7, 11) is 3.76. The van der Waals surface area contributed by atoms with Gasteiger partial charge in [-0.3, -0.25) is 0 Å². The van der Waals surface area contributed by atoms with Crippen LogP contribution in [0, 0.1) is 0 Å². The molecule has 0 saturated carbocycles. The molecule has 0 fully saturated rings. The van der Waals surface area contributed by atoms with Crippen molar-refractivity contribution in [2.75, 3.05) is 20.7 Å². The number of thiocarbonyl (C=S) groups is 1. The molecule has 2 heterocycles. The number of nitrogens with zero attached hydrogens (tertiary/aromatic N) is 2. The van der Waals surface area contributed by atoms with Crippen molar-refractivity contribution >= 4 is 28.1 Å². The fourth-order valence-electron chi connectivity index (χ4n) is 2.82. The number of hydrogen-bond donors (Lipinski definition) is 1. The number of likely N-dealkylation sites (N-methyl/N-ethyl adjacent to an activating group) is 1. The monoisotopic (exact) mass is 287 g/mol. The van der Waals surface area contributed by atoms with Crippen LogP contribution >= 0.6 is 12.2 Å². The summed E-state index contributed by atoms with van der Waals surface area (Å²) >= 11 is 5.28. The zero-order chi connectivity index (χ0) is 14.3. The maximum Gasteiger partial charge on any atom is 0.145 e. The minimum atomic E-state index is 0.428. The van der Waals surface area contributed by atoms with Crippen LogP contribution in [0.5, 0.6) is 5.75 Å². The lowest BCUT2D eigenvalue weighted by molar-refractivity contribution is 0.310. The second kappa shape index (κ2) is 5.00. The number of methoxy groups -OCH3 is 1. The summed E-state index contributed by atoms with van der Waals surface area (Å²) < 4.78 is 5.42. The van der Waals surface area contributed by atoms with Crippen molar-refractivity contribution in [2.24, 2.45) is 5.73 Å². The molecule has 0 unspecified atom stereocenters. The third-order valence-corrected chi connectivity index (χ3v) is 3.99. The maximum atomic E-state index is 5.99. The van der Waals surface area contributed by atoms with Crippen molar-refractivity contribution in [3.63, 3.8) is 0 Å². The fourth-order valence-corrected chi connectivity index (χ4v) is 3.05. The van der Waals surface area contributed by atoms with E-state index < -0.39 is 0 Å². The number of ether oxygens (including phenoxy) is 1. The SMILES string of the molecule is COc1cccc2c(C(N)=S)c3c(nc12)CCN(C)C3. The summed E-state index contributed by atoms with van der Waals surface area (Å²) in [5.41, 5.74) is 10.0. The number of hydrogen-bond acceptors (Lipinski definition) is 4. The minimum absolute atomic E-state index is 0.428. The van der Waals surface area contributed by atoms with E-state index in [1.165, 1.54) is 0 Å². The summed E-state index contributed by atoms with van der Waals surface area (Å²) in [5, 5.41) is 0.978. The summed E-state index contributed by atoms with van der Waals surface area (Å²) in [6.45, 7) is 1.83. The number of aromatic nitrogens is 1. The summed E-state index contributed by atoms with van der Waals surface area (Å²) in [6, 6.07) is 5.87. The van der Waals surface area contributed by atoms with Crippen LogP contribution in [-0.4, -0.2) is 35.6 Å². The van der Waals surface area contributed by atoms with E-state index in [0.29, 0.717) is 4.99 Å². The average Bonchev–Trinajstić information content (AvgIpc) is 2.43. The first kappa shape index (κ1) is 13.3. The zero-order valence-electron chi connectivity index (χ0n) is 11.6. The van der Waals surface area contributed by atoms with Crippen molar-refractivity contribution in [3.05, 3.63) is 35.0 Å². The Morgan fingerprint density at radius 1 is 1.45 bits per heavy atom. The summed E-state index contributed by atoms with van der Waals surface area (Å²) in [6.07, 6.45) is 0.912. The predicted octanol–water partition coefficient (Wildman–Crippen LogP) is 1.87. The Labute approximate surface area is 123 Å². The Hall–Kier alpha value is -1.72. The molecule has 4 nitrogen and oxygen atoms in total. The summed E-state index contributed by atoms with van der Waals surface area (Å²) in [4.78, 5) is 7.49. The van der Waals surface area contributed by atoms with E-state index in [9.17, 15) is 0 Å². The lowest BCUT2D eigenvalue weighted by atomic mass is 9.96. The molecule has 0 bridgehead atoms. The molecule has 3 rings (SSSR count). The molecule has 2 aromatic rings. The number of rotatable bonds is 2. The standard InChI is InChI=1S/C15H17N3OS/c1-18-7-6-11-10(8-18)13(15(16)20)9-4-3-5-12(19-2)14(9)17-11/h3-5H,6-8H2,1-2H3,(H2,16,20). The molecule has 0 amide bonds. The van der Waals surface area contributed by atoms with Crippen LogP contribution in [0.1, 0.15) is 16.8 Å². The zero-order valence-corrected chi connectivity index (χ0v) is 12.5. The lowest BCUT2D eigenvalue weighted by Gasteiger charge is -2.27. The van der Waals surface area contributed by atoms with Gasteiger partial charge in [-0.1, -0.05) is 24.4 Å². The predicted molar refractivity (Wildman–Crippen MR) is 84.2 cm³/mol. The Balaban J connectivity index is 2.38. The van der Waals surface area contributed by atoms with Gasteiger partial charge in [0, 0.05) is 36.2 Å². The maximum absolute atomic E-state index is 5.99. The van der Waals surface area contributed by atoms with Gasteiger partial charge in [-0.15, -0.1) is 0 Å². The molecule has 0 aliphatic carbocycles. The first-order chi connectivity index (χ1) is 9.61. The molecule has 1 aliphatic heterocycles. The smallest absolute Gasteiger partial charge is 0.145 e. The first-order valence-corrected chi connectivity index (χ1v) is 6.99. The van der Waals surface area contributed by atoms with Gasteiger partial charge in [0.15, 0.2) is 0 Å². The molecule has 5 heteroatoms. The van der Waals surface area contributed by atoms with Gasteiger partial charge in [-0.25, -0.2) is 4.98 Å². The van der Waals surface area contributed by atoms with Crippen LogP contribution in [0.3, 0.4) is 0 Å². The second-order valence-electron chi connectivity index (χ2n) is 5.12. The lowest BCUT2D eigenvalue weighted by Crippen LogP contribution is -2.30. The molecule has 1 aromatic heterocycles. The van der Waals surface area contributed by atoms with Crippen LogP contribution in [0.15, 0.2) is 18.2 Å². The van der Waals surface area contributed by atoms with E-state index in [4.69, 9.17) is 27.7 Å². The average molecular weight is 287 g/mol. The van der Waals surface area contributed by atoms with Gasteiger partial charge in [-0.2, -0.15) is 0 Å². The molecular formula is C15H17N3OS. The number of benzene rings is 1. The first-order valence-electron chi connectivity index (χ1n) is 6.58. The van der Waals surface area contributed by atoms with Crippen molar-refractivity contribution < 1.29 is 4.74 Å². The number of pyridine rings is 1. The topological polar surface area (TPSA) is 51.4 Å². The highest BCUT2D eigenvalue weighted by Gasteiger charge is 2.22. The van der Waals surface area contributed by atoms with E-state index in [-0.39, 0.29) is 0 Å². The highest BCUT2D eigenvalue weighted by molar-refractivity contribution is 7.80. The van der Waals surface area contributed by atoms with Crippen molar-refractivity contribution in [1.29, 1.82) is 0 Å². The molecule has 2 N–H and O–H groups in total. The molecule has 1 aliphatic rings. The number of nitrogens with two attached hydrogens (primary N) is 1. The molecule has 0 spiro atoms. The van der Waals surface area contributed by atoms with E-state index in [1.807, 2.05) is 18.2 Å². The Morgan fingerprint density at radius 3 is 2.95 bits per heavy atom.